The number of hydrogen-bond donors (Lipinski definition) is 0. The lowest BCUT2D eigenvalue weighted by molar-refractivity contribution is 0.0566. The fraction of sp³-hybridized carbons (Fsp3) is 0.480. The fourth-order valence-corrected chi connectivity index (χ4v) is 4.38. The van der Waals surface area contributed by atoms with Crippen LogP contribution in [0.25, 0.3) is 0 Å². The number of ether oxygens (including phenoxy) is 1. The van der Waals surface area contributed by atoms with E-state index in [1.54, 1.807) is 0 Å². The molecule has 0 spiro atoms. The molecule has 2 atom stereocenters. The Morgan fingerprint density at radius 3 is 2.47 bits per heavy atom. The lowest BCUT2D eigenvalue weighted by Gasteiger charge is -2.34. The maximum absolute atomic E-state index is 6.15. The molecule has 4 rings (SSSR count). The van der Waals surface area contributed by atoms with Crippen LogP contribution in [0.3, 0.4) is 0 Å². The minimum Gasteiger partial charge on any atom is -0.377 e. The topological polar surface area (TPSA) is 56.1 Å². The summed E-state index contributed by atoms with van der Waals surface area (Å²) in [6.45, 7) is 10.9. The average molecular weight is 454 g/mol. The Bertz CT molecular complexity index is 1000. The van der Waals surface area contributed by atoms with Gasteiger partial charge in [-0.1, -0.05) is 53.6 Å². The van der Waals surface area contributed by atoms with Crippen LogP contribution in [-0.4, -0.2) is 44.4 Å². The maximum atomic E-state index is 6.15. The Kier molecular flexibility index (Phi) is 6.93. The van der Waals surface area contributed by atoms with Crippen molar-refractivity contribution in [3.63, 3.8) is 0 Å². The predicted molar refractivity (Wildman–Crippen MR) is 127 cm³/mol. The van der Waals surface area contributed by atoms with Gasteiger partial charge in [-0.15, -0.1) is 5.10 Å². The van der Waals surface area contributed by atoms with Gasteiger partial charge in [-0.25, -0.2) is 4.68 Å². The van der Waals surface area contributed by atoms with E-state index < -0.39 is 0 Å². The molecule has 1 fully saturated rings. The van der Waals surface area contributed by atoms with Gasteiger partial charge in [-0.2, -0.15) is 0 Å². The summed E-state index contributed by atoms with van der Waals surface area (Å²) in [6, 6.07) is 16.6. The number of halogens is 1. The van der Waals surface area contributed by atoms with E-state index in [0.29, 0.717) is 0 Å². The predicted octanol–water partition coefficient (Wildman–Crippen LogP) is 5.16. The van der Waals surface area contributed by atoms with E-state index >= 15 is 0 Å². The summed E-state index contributed by atoms with van der Waals surface area (Å²) in [5, 5.41) is 13.7. The first-order valence-electron chi connectivity index (χ1n) is 11.3. The molecule has 0 amide bonds. The summed E-state index contributed by atoms with van der Waals surface area (Å²) in [6.07, 6.45) is 2.38. The van der Waals surface area contributed by atoms with E-state index in [1.807, 2.05) is 16.8 Å². The summed E-state index contributed by atoms with van der Waals surface area (Å²) in [5.74, 6) is 0.841. The molecule has 6 nitrogen and oxygen atoms in total. The summed E-state index contributed by atoms with van der Waals surface area (Å²) >= 11 is 6.15. The van der Waals surface area contributed by atoms with Crippen molar-refractivity contribution >= 4 is 11.6 Å². The molecule has 1 aliphatic rings. The van der Waals surface area contributed by atoms with Gasteiger partial charge >= 0.3 is 0 Å². The van der Waals surface area contributed by atoms with E-state index in [1.165, 1.54) is 16.7 Å². The van der Waals surface area contributed by atoms with Crippen molar-refractivity contribution < 1.29 is 4.74 Å². The maximum Gasteiger partial charge on any atom is 0.173 e. The zero-order valence-electron chi connectivity index (χ0n) is 19.3. The van der Waals surface area contributed by atoms with E-state index in [4.69, 9.17) is 16.3 Å². The quantitative estimate of drug-likeness (QED) is 0.494. The van der Waals surface area contributed by atoms with E-state index in [-0.39, 0.29) is 17.7 Å². The van der Waals surface area contributed by atoms with Crippen LogP contribution >= 0.6 is 11.6 Å². The Morgan fingerprint density at radius 1 is 1.12 bits per heavy atom. The molecule has 0 radical (unpaired) electrons. The number of nitrogens with zero attached hydrogens (tertiary/aromatic N) is 5. The van der Waals surface area contributed by atoms with E-state index in [2.05, 4.69) is 84.5 Å². The summed E-state index contributed by atoms with van der Waals surface area (Å²) in [7, 11) is 0. The van der Waals surface area contributed by atoms with Crippen molar-refractivity contribution in [1.29, 1.82) is 0 Å². The first kappa shape index (κ1) is 22.9. The van der Waals surface area contributed by atoms with Gasteiger partial charge in [0.1, 0.15) is 0 Å². The van der Waals surface area contributed by atoms with Gasteiger partial charge in [-0.05, 0) is 74.2 Å². The Balaban J connectivity index is 1.78. The molecule has 32 heavy (non-hydrogen) atoms. The first-order valence-corrected chi connectivity index (χ1v) is 11.6. The second kappa shape index (κ2) is 9.69. The zero-order valence-corrected chi connectivity index (χ0v) is 20.1. The van der Waals surface area contributed by atoms with Crippen LogP contribution in [0.1, 0.15) is 62.2 Å². The van der Waals surface area contributed by atoms with Crippen LogP contribution in [0.2, 0.25) is 5.02 Å². The number of hydrogen-bond acceptors (Lipinski definition) is 5. The lowest BCUT2D eigenvalue weighted by atomic mass is 9.99. The lowest BCUT2D eigenvalue weighted by Crippen LogP contribution is -2.39. The summed E-state index contributed by atoms with van der Waals surface area (Å²) < 4.78 is 7.99. The number of aromatic nitrogens is 4. The molecule has 1 aromatic heterocycles. The summed E-state index contributed by atoms with van der Waals surface area (Å²) in [5.41, 5.74) is 3.35. The minimum absolute atomic E-state index is 0.107. The Labute approximate surface area is 195 Å². The van der Waals surface area contributed by atoms with Gasteiger partial charge in [0.25, 0.3) is 0 Å². The first-order chi connectivity index (χ1) is 15.3. The third-order valence-electron chi connectivity index (χ3n) is 5.89. The number of aryl methyl sites for hydroxylation is 1. The van der Waals surface area contributed by atoms with Gasteiger partial charge in [0, 0.05) is 24.7 Å². The highest BCUT2D eigenvalue weighted by molar-refractivity contribution is 6.30. The van der Waals surface area contributed by atoms with Crippen LogP contribution in [-0.2, 0) is 16.8 Å². The van der Waals surface area contributed by atoms with Crippen molar-refractivity contribution in [2.75, 3.05) is 13.2 Å². The highest BCUT2D eigenvalue weighted by atomic mass is 35.5. The molecule has 170 valence electrons. The molecule has 0 unspecified atom stereocenters. The standard InChI is InChI=1S/C25H32ClN5O/c1-18-7-11-20(12-8-18)23(24-27-28-29-31(24)25(2,3)4)30(17-22-6-5-15-32-22)16-19-9-13-21(26)14-10-19/h7-14,22-23H,5-6,15-17H2,1-4H3/t22-,23+/m1/s1. The molecule has 0 saturated carbocycles. The Hall–Kier alpha value is -2.28. The van der Waals surface area contributed by atoms with Crippen molar-refractivity contribution in [3.8, 4) is 0 Å². The molecular formula is C25H32ClN5O. The number of rotatable bonds is 7. The van der Waals surface area contributed by atoms with Crippen molar-refractivity contribution in [1.82, 2.24) is 25.1 Å². The molecule has 1 saturated heterocycles. The van der Waals surface area contributed by atoms with Gasteiger partial charge in [0.2, 0.25) is 0 Å². The molecule has 2 heterocycles. The zero-order chi connectivity index (χ0) is 22.7. The molecule has 3 aromatic rings. The van der Waals surface area contributed by atoms with E-state index in [0.717, 1.165) is 43.4 Å². The van der Waals surface area contributed by atoms with Crippen molar-refractivity contribution in [2.45, 2.75) is 64.8 Å². The van der Waals surface area contributed by atoms with Crippen LogP contribution in [0.15, 0.2) is 48.5 Å². The molecule has 0 aliphatic carbocycles. The van der Waals surface area contributed by atoms with Gasteiger partial charge in [-0.3, -0.25) is 4.90 Å². The Morgan fingerprint density at radius 2 is 1.84 bits per heavy atom. The molecule has 1 aliphatic heterocycles. The highest BCUT2D eigenvalue weighted by Crippen LogP contribution is 2.32. The fourth-order valence-electron chi connectivity index (χ4n) is 4.25. The van der Waals surface area contributed by atoms with E-state index in [9.17, 15) is 0 Å². The molecule has 7 heteroatoms. The van der Waals surface area contributed by atoms with Crippen LogP contribution in [0.4, 0.5) is 0 Å². The van der Waals surface area contributed by atoms with Crippen LogP contribution in [0.5, 0.6) is 0 Å². The second-order valence-corrected chi connectivity index (χ2v) is 10.1. The van der Waals surface area contributed by atoms with Crippen molar-refractivity contribution in [2.24, 2.45) is 0 Å². The second-order valence-electron chi connectivity index (χ2n) is 9.62. The van der Waals surface area contributed by atoms with Gasteiger partial charge < -0.3 is 4.74 Å². The molecule has 2 aromatic carbocycles. The van der Waals surface area contributed by atoms with Gasteiger partial charge in [0.05, 0.1) is 17.7 Å². The SMILES string of the molecule is Cc1ccc([C@@H](c2nnnn2C(C)(C)C)N(Cc2ccc(Cl)cc2)C[C@H]2CCCO2)cc1. The van der Waals surface area contributed by atoms with Crippen LogP contribution in [0, 0.1) is 6.92 Å². The molecular weight excluding hydrogens is 422 g/mol. The largest absolute Gasteiger partial charge is 0.377 e. The smallest absolute Gasteiger partial charge is 0.173 e. The molecule has 0 bridgehead atoms. The normalized spacial score (nSPS) is 17.8. The van der Waals surface area contributed by atoms with Crippen LogP contribution < -0.4 is 0 Å². The third kappa shape index (κ3) is 5.37. The average Bonchev–Trinajstić information content (AvgIpc) is 3.43. The number of tetrazole rings is 1. The minimum atomic E-state index is -0.239. The summed E-state index contributed by atoms with van der Waals surface area (Å²) in [4.78, 5) is 2.44. The van der Waals surface area contributed by atoms with Crippen molar-refractivity contribution in [3.05, 3.63) is 76.1 Å². The third-order valence-corrected chi connectivity index (χ3v) is 6.14. The van der Waals surface area contributed by atoms with Gasteiger partial charge in [0.15, 0.2) is 5.82 Å². The number of benzene rings is 2. The molecule has 0 N–H and O–H groups in total. The monoisotopic (exact) mass is 453 g/mol. The highest BCUT2D eigenvalue weighted by Gasteiger charge is 2.33.